The molecule has 198 valence electrons. The summed E-state index contributed by atoms with van der Waals surface area (Å²) in [7, 11) is 1.43. The standard InChI is InChI=1S/C28H29N3O7/c1-4-16-37-23-11-7-20(8-12-23)28(34)38-24-15-6-19(17-25(24)35-3)18-29-31-27(33)26(32)30-21-9-13-22(14-10-21)36-5-2/h6-15,17-18H,4-5,16H2,1-3H3,(H,30,32)(H,31,33). The second kappa shape index (κ2) is 14.0. The molecule has 0 aliphatic rings. The first-order valence-electron chi connectivity index (χ1n) is 11.9. The Kier molecular flexibility index (Phi) is 10.2. The number of esters is 1. The van der Waals surface area contributed by atoms with Gasteiger partial charge < -0.3 is 24.3 Å². The summed E-state index contributed by atoms with van der Waals surface area (Å²) in [5, 5.41) is 6.28. The van der Waals surface area contributed by atoms with Crippen molar-refractivity contribution in [3.8, 4) is 23.0 Å². The van der Waals surface area contributed by atoms with Gasteiger partial charge in [0, 0.05) is 5.69 Å². The minimum Gasteiger partial charge on any atom is -0.494 e. The van der Waals surface area contributed by atoms with E-state index in [2.05, 4.69) is 15.8 Å². The molecule has 2 N–H and O–H groups in total. The SMILES string of the molecule is CCCOc1ccc(C(=O)Oc2ccc(C=NNC(=O)C(=O)Nc3ccc(OCC)cc3)cc2OC)cc1. The van der Waals surface area contributed by atoms with Crippen LogP contribution in [0.15, 0.2) is 71.8 Å². The van der Waals surface area contributed by atoms with Crippen LogP contribution in [0.2, 0.25) is 0 Å². The third-order valence-electron chi connectivity index (χ3n) is 4.96. The van der Waals surface area contributed by atoms with E-state index in [4.69, 9.17) is 18.9 Å². The number of hydrogen-bond acceptors (Lipinski definition) is 8. The molecule has 0 aliphatic heterocycles. The lowest BCUT2D eigenvalue weighted by Crippen LogP contribution is -2.32. The van der Waals surface area contributed by atoms with E-state index in [-0.39, 0.29) is 11.5 Å². The van der Waals surface area contributed by atoms with Gasteiger partial charge in [0.05, 0.1) is 32.1 Å². The van der Waals surface area contributed by atoms with Crippen molar-refractivity contribution >= 4 is 29.7 Å². The van der Waals surface area contributed by atoms with Crippen LogP contribution < -0.4 is 29.7 Å². The highest BCUT2D eigenvalue weighted by atomic mass is 16.6. The zero-order chi connectivity index (χ0) is 27.3. The van der Waals surface area contributed by atoms with Crippen molar-refractivity contribution in [3.05, 3.63) is 77.9 Å². The van der Waals surface area contributed by atoms with Gasteiger partial charge in [-0.1, -0.05) is 6.92 Å². The minimum absolute atomic E-state index is 0.208. The van der Waals surface area contributed by atoms with E-state index in [0.29, 0.717) is 41.5 Å². The highest BCUT2D eigenvalue weighted by Crippen LogP contribution is 2.28. The van der Waals surface area contributed by atoms with Crippen LogP contribution >= 0.6 is 0 Å². The van der Waals surface area contributed by atoms with Crippen LogP contribution in [-0.2, 0) is 9.59 Å². The summed E-state index contributed by atoms with van der Waals surface area (Å²) in [4.78, 5) is 36.7. The first kappa shape index (κ1) is 27.7. The van der Waals surface area contributed by atoms with Gasteiger partial charge in [0.2, 0.25) is 0 Å². The van der Waals surface area contributed by atoms with Gasteiger partial charge in [-0.05, 0) is 85.6 Å². The molecule has 38 heavy (non-hydrogen) atoms. The van der Waals surface area contributed by atoms with Crippen molar-refractivity contribution in [1.29, 1.82) is 0 Å². The van der Waals surface area contributed by atoms with Gasteiger partial charge in [-0.2, -0.15) is 5.10 Å². The predicted molar refractivity (Wildman–Crippen MR) is 142 cm³/mol. The van der Waals surface area contributed by atoms with Gasteiger partial charge in [0.15, 0.2) is 11.5 Å². The number of carbonyl (C=O) groups is 3. The fraction of sp³-hybridized carbons (Fsp3) is 0.214. The molecule has 0 saturated carbocycles. The zero-order valence-electron chi connectivity index (χ0n) is 21.4. The smallest absolute Gasteiger partial charge is 0.343 e. The van der Waals surface area contributed by atoms with Crippen LogP contribution in [0.4, 0.5) is 5.69 Å². The summed E-state index contributed by atoms with van der Waals surface area (Å²) >= 11 is 0. The second-order valence-electron chi connectivity index (χ2n) is 7.78. The zero-order valence-corrected chi connectivity index (χ0v) is 21.4. The monoisotopic (exact) mass is 519 g/mol. The number of ether oxygens (including phenoxy) is 4. The summed E-state index contributed by atoms with van der Waals surface area (Å²) in [5.41, 5.74) is 3.49. The molecule has 3 aromatic rings. The lowest BCUT2D eigenvalue weighted by molar-refractivity contribution is -0.136. The van der Waals surface area contributed by atoms with Crippen LogP contribution in [-0.4, -0.2) is 44.3 Å². The number of nitrogens with one attached hydrogen (secondary N) is 2. The highest BCUT2D eigenvalue weighted by molar-refractivity contribution is 6.39. The second-order valence-corrected chi connectivity index (χ2v) is 7.78. The average Bonchev–Trinajstić information content (AvgIpc) is 2.94. The summed E-state index contributed by atoms with van der Waals surface area (Å²) in [6.07, 6.45) is 2.21. The number of anilines is 1. The van der Waals surface area contributed by atoms with Gasteiger partial charge in [-0.15, -0.1) is 0 Å². The number of nitrogens with zero attached hydrogens (tertiary/aromatic N) is 1. The van der Waals surface area contributed by atoms with E-state index in [0.717, 1.165) is 6.42 Å². The lowest BCUT2D eigenvalue weighted by Gasteiger charge is -2.10. The van der Waals surface area contributed by atoms with Crippen molar-refractivity contribution in [1.82, 2.24) is 5.43 Å². The molecule has 10 nitrogen and oxygen atoms in total. The normalized spacial score (nSPS) is 10.5. The third-order valence-corrected chi connectivity index (χ3v) is 4.96. The molecule has 3 aromatic carbocycles. The molecule has 0 fully saturated rings. The van der Waals surface area contributed by atoms with Gasteiger partial charge in [-0.3, -0.25) is 9.59 Å². The van der Waals surface area contributed by atoms with E-state index in [1.807, 2.05) is 13.8 Å². The average molecular weight is 520 g/mol. The molecule has 0 unspecified atom stereocenters. The van der Waals surface area contributed by atoms with Gasteiger partial charge in [0.1, 0.15) is 11.5 Å². The molecule has 0 aliphatic carbocycles. The Hall–Kier alpha value is -4.86. The Bertz CT molecular complexity index is 1270. The fourth-order valence-electron chi connectivity index (χ4n) is 3.12. The van der Waals surface area contributed by atoms with Crippen LogP contribution in [0.5, 0.6) is 23.0 Å². The number of hydrogen-bond donors (Lipinski definition) is 2. The Balaban J connectivity index is 1.55. The molecule has 0 heterocycles. The van der Waals surface area contributed by atoms with E-state index in [1.165, 1.54) is 19.4 Å². The van der Waals surface area contributed by atoms with Crippen LogP contribution in [0.3, 0.4) is 0 Å². The topological polar surface area (TPSA) is 125 Å². The summed E-state index contributed by atoms with van der Waals surface area (Å²) < 4.78 is 21.6. The van der Waals surface area contributed by atoms with Crippen molar-refractivity contribution in [2.45, 2.75) is 20.3 Å². The molecule has 0 radical (unpaired) electrons. The van der Waals surface area contributed by atoms with Gasteiger partial charge in [-0.25, -0.2) is 10.2 Å². The predicted octanol–water partition coefficient (Wildman–Crippen LogP) is 4.19. The number of carbonyl (C=O) groups excluding carboxylic acids is 3. The maximum Gasteiger partial charge on any atom is 0.343 e. The van der Waals surface area contributed by atoms with Crippen LogP contribution in [0.25, 0.3) is 0 Å². The van der Waals surface area contributed by atoms with E-state index in [1.54, 1.807) is 60.7 Å². The van der Waals surface area contributed by atoms with Crippen molar-refractivity contribution in [3.63, 3.8) is 0 Å². The van der Waals surface area contributed by atoms with E-state index >= 15 is 0 Å². The van der Waals surface area contributed by atoms with E-state index < -0.39 is 17.8 Å². The molecule has 0 aromatic heterocycles. The van der Waals surface area contributed by atoms with Crippen LogP contribution in [0.1, 0.15) is 36.2 Å². The molecule has 0 spiro atoms. The highest BCUT2D eigenvalue weighted by Gasteiger charge is 2.14. The molecule has 3 rings (SSSR count). The minimum atomic E-state index is -0.946. The summed E-state index contributed by atoms with van der Waals surface area (Å²) in [6.45, 7) is 5.00. The molecular weight excluding hydrogens is 490 g/mol. The van der Waals surface area contributed by atoms with Gasteiger partial charge >= 0.3 is 17.8 Å². The van der Waals surface area contributed by atoms with Crippen molar-refractivity contribution in [2.24, 2.45) is 5.10 Å². The molecule has 10 heteroatoms. The lowest BCUT2D eigenvalue weighted by atomic mass is 10.2. The number of rotatable bonds is 11. The van der Waals surface area contributed by atoms with Crippen LogP contribution in [0, 0.1) is 0 Å². The number of hydrazone groups is 1. The number of amides is 2. The fourth-order valence-corrected chi connectivity index (χ4v) is 3.12. The largest absolute Gasteiger partial charge is 0.494 e. The molecule has 0 bridgehead atoms. The number of benzene rings is 3. The molecule has 2 amide bonds. The first-order chi connectivity index (χ1) is 18.4. The first-order valence-corrected chi connectivity index (χ1v) is 11.9. The maximum absolute atomic E-state index is 12.5. The Morgan fingerprint density at radius 3 is 2.18 bits per heavy atom. The quantitative estimate of drug-likeness (QED) is 0.128. The van der Waals surface area contributed by atoms with E-state index in [9.17, 15) is 14.4 Å². The Morgan fingerprint density at radius 2 is 1.53 bits per heavy atom. The summed E-state index contributed by atoms with van der Waals surface area (Å²) in [5.74, 6) is -0.565. The Labute approximate surface area is 220 Å². The van der Waals surface area contributed by atoms with Gasteiger partial charge in [0.25, 0.3) is 0 Å². The number of methoxy groups -OCH3 is 1. The molecule has 0 atom stereocenters. The Morgan fingerprint density at radius 1 is 0.842 bits per heavy atom. The maximum atomic E-state index is 12.5. The third kappa shape index (κ3) is 8.09. The molecule has 0 saturated heterocycles. The summed E-state index contributed by atoms with van der Waals surface area (Å²) in [6, 6.07) is 18.0. The van der Waals surface area contributed by atoms with Crippen molar-refractivity contribution in [2.75, 3.05) is 25.6 Å². The van der Waals surface area contributed by atoms with Crippen molar-refractivity contribution < 1.29 is 33.3 Å². The molecular formula is C28H29N3O7.